The fourth-order valence-corrected chi connectivity index (χ4v) is 3.71. The van der Waals surface area contributed by atoms with E-state index in [0.29, 0.717) is 23.5 Å². The van der Waals surface area contributed by atoms with Crippen molar-refractivity contribution in [2.45, 2.75) is 25.5 Å². The van der Waals surface area contributed by atoms with E-state index in [4.69, 9.17) is 4.74 Å². The van der Waals surface area contributed by atoms with Gasteiger partial charge in [0, 0.05) is 11.3 Å². The summed E-state index contributed by atoms with van der Waals surface area (Å²) in [4.78, 5) is 18.0. The van der Waals surface area contributed by atoms with Gasteiger partial charge in [-0.25, -0.2) is 4.98 Å². The summed E-state index contributed by atoms with van der Waals surface area (Å²) in [6.07, 6.45) is 0.818. The quantitative estimate of drug-likeness (QED) is 0.765. The van der Waals surface area contributed by atoms with Crippen LogP contribution in [0.3, 0.4) is 0 Å². The molecule has 1 amide bonds. The average Bonchev–Trinajstić information content (AvgIpc) is 3.22. The molecule has 4 heterocycles. The van der Waals surface area contributed by atoms with Crippen LogP contribution in [0.5, 0.6) is 0 Å². The first-order valence-electron chi connectivity index (χ1n) is 7.38. The molecule has 23 heavy (non-hydrogen) atoms. The topological polar surface area (TPSA) is 92.8 Å². The Morgan fingerprint density at radius 1 is 1.43 bits per heavy atom. The van der Waals surface area contributed by atoms with Crippen LogP contribution < -0.4 is 5.32 Å². The second-order valence-corrected chi connectivity index (χ2v) is 6.47. The van der Waals surface area contributed by atoms with Crippen molar-refractivity contribution in [3.05, 3.63) is 39.7 Å². The Morgan fingerprint density at radius 2 is 2.35 bits per heavy atom. The minimum atomic E-state index is -0.242. The number of rotatable bonds is 3. The molecular formula is C15H15N5O2S. The zero-order valence-corrected chi connectivity index (χ0v) is 13.3. The Kier molecular flexibility index (Phi) is 3.55. The number of hydrogen-bond donors (Lipinski definition) is 2. The first kappa shape index (κ1) is 14.3. The predicted octanol–water partition coefficient (Wildman–Crippen LogP) is 1.85. The van der Waals surface area contributed by atoms with Crippen LogP contribution in [-0.2, 0) is 11.2 Å². The van der Waals surface area contributed by atoms with Crippen LogP contribution >= 0.6 is 11.3 Å². The lowest BCUT2D eigenvalue weighted by molar-refractivity contribution is 0.0205. The highest BCUT2D eigenvalue weighted by Gasteiger charge is 2.28. The van der Waals surface area contributed by atoms with Crippen LogP contribution in [-0.4, -0.2) is 39.0 Å². The third-order valence-corrected chi connectivity index (χ3v) is 4.94. The van der Waals surface area contributed by atoms with Gasteiger partial charge in [0.05, 0.1) is 12.6 Å². The number of hydrogen-bond acceptors (Lipinski definition) is 6. The molecule has 0 spiro atoms. The Balaban J connectivity index is 1.52. The van der Waals surface area contributed by atoms with E-state index in [1.807, 2.05) is 6.92 Å². The maximum atomic E-state index is 12.4. The van der Waals surface area contributed by atoms with Crippen LogP contribution in [0.25, 0.3) is 11.2 Å². The Labute approximate surface area is 136 Å². The maximum absolute atomic E-state index is 12.4. The molecule has 4 rings (SSSR count). The van der Waals surface area contributed by atoms with E-state index in [1.165, 1.54) is 10.4 Å². The van der Waals surface area contributed by atoms with E-state index in [1.54, 1.807) is 23.5 Å². The molecule has 0 bridgehead atoms. The van der Waals surface area contributed by atoms with Crippen molar-refractivity contribution in [2.24, 2.45) is 0 Å². The zero-order valence-electron chi connectivity index (χ0n) is 12.4. The number of thiophene rings is 1. The number of carbonyl (C=O) groups is 1. The molecule has 1 aliphatic heterocycles. The van der Waals surface area contributed by atoms with Crippen LogP contribution in [0, 0.1) is 0 Å². The summed E-state index contributed by atoms with van der Waals surface area (Å²) in [5.41, 5.74) is 2.56. The van der Waals surface area contributed by atoms with E-state index >= 15 is 0 Å². The molecule has 0 radical (unpaired) electrons. The molecule has 7 nitrogen and oxygen atoms in total. The minimum Gasteiger partial charge on any atom is -0.371 e. The van der Waals surface area contributed by atoms with Gasteiger partial charge in [0.1, 0.15) is 17.3 Å². The van der Waals surface area contributed by atoms with Crippen molar-refractivity contribution in [3.8, 4) is 0 Å². The molecule has 2 unspecified atom stereocenters. The lowest BCUT2D eigenvalue weighted by Gasteiger charge is -2.29. The highest BCUT2D eigenvalue weighted by atomic mass is 32.1. The molecule has 8 heteroatoms. The third-order valence-electron chi connectivity index (χ3n) is 3.94. The number of nitrogens with zero attached hydrogens (tertiary/aromatic N) is 3. The summed E-state index contributed by atoms with van der Waals surface area (Å²) < 4.78 is 5.86. The lowest BCUT2D eigenvalue weighted by atomic mass is 10.0. The van der Waals surface area contributed by atoms with Crippen molar-refractivity contribution < 1.29 is 9.53 Å². The van der Waals surface area contributed by atoms with Gasteiger partial charge in [-0.2, -0.15) is 10.3 Å². The smallest absolute Gasteiger partial charge is 0.270 e. The third kappa shape index (κ3) is 2.60. The number of H-pyrrole nitrogens is 1. The molecule has 0 saturated carbocycles. The van der Waals surface area contributed by atoms with E-state index in [-0.39, 0.29) is 18.1 Å². The second kappa shape index (κ2) is 5.71. The number of nitrogens with one attached hydrogen (secondary N) is 2. The number of ether oxygens (including phenoxy) is 1. The Morgan fingerprint density at radius 3 is 3.26 bits per heavy atom. The first-order chi connectivity index (χ1) is 11.2. The van der Waals surface area contributed by atoms with Gasteiger partial charge in [0.15, 0.2) is 0 Å². The Bertz CT molecular complexity index is 858. The predicted molar refractivity (Wildman–Crippen MR) is 85.3 cm³/mol. The van der Waals surface area contributed by atoms with Gasteiger partial charge in [-0.3, -0.25) is 4.79 Å². The summed E-state index contributed by atoms with van der Waals surface area (Å²) in [5.74, 6) is -0.242. The molecule has 2 atom stereocenters. The fourth-order valence-electron chi connectivity index (χ4n) is 2.81. The van der Waals surface area contributed by atoms with E-state index in [2.05, 4.69) is 37.2 Å². The summed E-state index contributed by atoms with van der Waals surface area (Å²) >= 11 is 1.74. The average molecular weight is 329 g/mol. The van der Waals surface area contributed by atoms with Crippen LogP contribution in [0.4, 0.5) is 0 Å². The number of carbonyl (C=O) groups excluding carboxylic acids is 1. The van der Waals surface area contributed by atoms with Gasteiger partial charge < -0.3 is 10.1 Å². The van der Waals surface area contributed by atoms with Crippen LogP contribution in [0.1, 0.15) is 34.0 Å². The molecule has 2 N–H and O–H groups in total. The van der Waals surface area contributed by atoms with Gasteiger partial charge in [-0.1, -0.05) is 0 Å². The molecule has 1 aliphatic rings. The van der Waals surface area contributed by atoms with Crippen molar-refractivity contribution in [1.82, 2.24) is 25.7 Å². The van der Waals surface area contributed by atoms with Gasteiger partial charge in [-0.15, -0.1) is 16.4 Å². The van der Waals surface area contributed by atoms with Gasteiger partial charge in [0.25, 0.3) is 5.91 Å². The molecule has 118 valence electrons. The van der Waals surface area contributed by atoms with Crippen LogP contribution in [0.2, 0.25) is 0 Å². The molecule has 0 fully saturated rings. The number of amides is 1. The molecule has 0 saturated heterocycles. The molecule has 0 aliphatic carbocycles. The molecule has 3 aromatic rings. The number of aromatic nitrogens is 4. The van der Waals surface area contributed by atoms with Gasteiger partial charge >= 0.3 is 0 Å². The normalized spacial score (nSPS) is 18.6. The van der Waals surface area contributed by atoms with E-state index < -0.39 is 0 Å². The fraction of sp³-hybridized carbons (Fsp3) is 0.333. The molecule has 0 aromatic carbocycles. The number of aromatic amines is 1. The summed E-state index contributed by atoms with van der Waals surface area (Å²) in [5, 5.41) is 15.4. The Hall–Kier alpha value is -2.32. The maximum Gasteiger partial charge on any atom is 0.270 e. The summed E-state index contributed by atoms with van der Waals surface area (Å²) in [7, 11) is 0. The number of fused-ring (bicyclic) bond motifs is 2. The largest absolute Gasteiger partial charge is 0.371 e. The summed E-state index contributed by atoms with van der Waals surface area (Å²) in [6.45, 7) is 2.63. The van der Waals surface area contributed by atoms with Gasteiger partial charge in [-0.05, 0) is 36.1 Å². The standard InChI is InChI=1S/C15H15N5O2S/c1-8(13-9-5-7-23-12(9)4-6-22-13)16-15(21)11-3-2-10-14(17-11)19-20-18-10/h2-3,5,7-8,13H,4,6H2,1H3,(H,16,21)(H,17,18,19,20). The van der Waals surface area contributed by atoms with Crippen LogP contribution in [0.15, 0.2) is 23.6 Å². The SMILES string of the molecule is CC(NC(=O)c1ccc2n[nH]nc2n1)C1OCCc2sccc21. The molecular weight excluding hydrogens is 314 g/mol. The van der Waals surface area contributed by atoms with E-state index in [9.17, 15) is 4.79 Å². The van der Waals surface area contributed by atoms with Gasteiger partial charge in [0.2, 0.25) is 5.65 Å². The summed E-state index contributed by atoms with van der Waals surface area (Å²) in [6, 6.07) is 5.29. The molecule has 3 aromatic heterocycles. The lowest BCUT2D eigenvalue weighted by Crippen LogP contribution is -2.39. The van der Waals surface area contributed by atoms with Crippen molar-refractivity contribution in [2.75, 3.05) is 6.61 Å². The second-order valence-electron chi connectivity index (χ2n) is 5.47. The minimum absolute atomic E-state index is 0.121. The van der Waals surface area contributed by atoms with Crippen molar-refractivity contribution >= 4 is 28.4 Å². The monoisotopic (exact) mass is 329 g/mol. The number of pyridine rings is 1. The van der Waals surface area contributed by atoms with E-state index in [0.717, 1.165) is 6.42 Å². The van der Waals surface area contributed by atoms with Crippen molar-refractivity contribution in [1.29, 1.82) is 0 Å². The highest BCUT2D eigenvalue weighted by Crippen LogP contribution is 2.33. The first-order valence-corrected chi connectivity index (χ1v) is 8.26. The highest BCUT2D eigenvalue weighted by molar-refractivity contribution is 7.10. The van der Waals surface area contributed by atoms with Crippen molar-refractivity contribution in [3.63, 3.8) is 0 Å². The zero-order chi connectivity index (χ0) is 15.8.